The third-order valence-electron chi connectivity index (χ3n) is 8.09. The van der Waals surface area contributed by atoms with Crippen LogP contribution in [0.5, 0.6) is 0 Å². The van der Waals surface area contributed by atoms with Gasteiger partial charge >= 0.3 is 0 Å². The highest BCUT2D eigenvalue weighted by Crippen LogP contribution is 2.41. The molecule has 0 aliphatic carbocycles. The van der Waals surface area contributed by atoms with Gasteiger partial charge in [-0.2, -0.15) is 0 Å². The number of nitrogen functional groups attached to an aromatic ring is 2. The molecule has 2 heteroatoms. The molecule has 0 saturated heterocycles. The number of hydrogen-bond donors (Lipinski definition) is 2. The maximum Gasteiger partial charge on any atom is 0.0384 e. The molecule has 3 aromatic carbocycles. The quantitative estimate of drug-likeness (QED) is 0.340. The van der Waals surface area contributed by atoms with Gasteiger partial charge in [-0.25, -0.2) is 0 Å². The normalized spacial score (nSPS) is 12.6. The average Bonchev–Trinajstić information content (AvgIpc) is 2.80. The van der Waals surface area contributed by atoms with Crippen molar-refractivity contribution < 1.29 is 0 Å². The molecule has 0 aromatic heterocycles. The molecule has 4 N–H and O–H groups in total. The molecule has 35 heavy (non-hydrogen) atoms. The first-order valence-corrected chi connectivity index (χ1v) is 13.2. The molecule has 0 unspecified atom stereocenters. The zero-order valence-electron chi connectivity index (χ0n) is 23.6. The fourth-order valence-corrected chi connectivity index (χ4v) is 5.17. The van der Waals surface area contributed by atoms with E-state index in [9.17, 15) is 0 Å². The van der Waals surface area contributed by atoms with Crippen molar-refractivity contribution in [1.29, 1.82) is 0 Å². The summed E-state index contributed by atoms with van der Waals surface area (Å²) in [6, 6.07) is 18.4. The molecule has 0 aliphatic rings. The Labute approximate surface area is 214 Å². The molecular formula is C33H46N2. The highest BCUT2D eigenvalue weighted by atomic mass is 14.6. The Bertz CT molecular complexity index is 1180. The summed E-state index contributed by atoms with van der Waals surface area (Å²) >= 11 is 0. The van der Waals surface area contributed by atoms with Gasteiger partial charge in [0.15, 0.2) is 0 Å². The molecule has 0 spiro atoms. The largest absolute Gasteiger partial charge is 0.398 e. The van der Waals surface area contributed by atoms with Crippen LogP contribution >= 0.6 is 0 Å². The fourth-order valence-electron chi connectivity index (χ4n) is 5.17. The molecule has 0 aliphatic heterocycles. The van der Waals surface area contributed by atoms with Gasteiger partial charge in [0.25, 0.3) is 0 Å². The number of hydrogen-bond acceptors (Lipinski definition) is 2. The summed E-state index contributed by atoms with van der Waals surface area (Å²) in [5.74, 6) is 0.769. The van der Waals surface area contributed by atoms with Gasteiger partial charge in [0.05, 0.1) is 0 Å². The summed E-state index contributed by atoms with van der Waals surface area (Å²) in [6.07, 6.45) is 0.942. The van der Waals surface area contributed by atoms with Crippen molar-refractivity contribution in [2.45, 2.75) is 98.3 Å². The van der Waals surface area contributed by atoms with Crippen LogP contribution in [-0.4, -0.2) is 0 Å². The lowest BCUT2D eigenvalue weighted by molar-refractivity contribution is 0.614. The lowest BCUT2D eigenvalue weighted by atomic mass is 9.72. The summed E-state index contributed by atoms with van der Waals surface area (Å²) in [6.45, 7) is 22.5. The molecule has 0 amide bonds. The van der Waals surface area contributed by atoms with E-state index < -0.39 is 0 Å². The van der Waals surface area contributed by atoms with E-state index in [1.54, 1.807) is 0 Å². The molecule has 2 nitrogen and oxygen atoms in total. The van der Waals surface area contributed by atoms with Crippen molar-refractivity contribution in [3.8, 4) is 0 Å². The third-order valence-corrected chi connectivity index (χ3v) is 8.09. The predicted octanol–water partition coefficient (Wildman–Crippen LogP) is 8.62. The maximum absolute atomic E-state index is 6.62. The molecular weight excluding hydrogens is 424 g/mol. The van der Waals surface area contributed by atoms with Gasteiger partial charge in [-0.3, -0.25) is 0 Å². The molecule has 0 saturated carbocycles. The van der Waals surface area contributed by atoms with Crippen LogP contribution in [0.4, 0.5) is 11.4 Å². The molecule has 0 fully saturated rings. The number of benzene rings is 3. The Morgan fingerprint density at radius 1 is 0.657 bits per heavy atom. The smallest absolute Gasteiger partial charge is 0.0384 e. The van der Waals surface area contributed by atoms with Gasteiger partial charge in [0.1, 0.15) is 0 Å². The van der Waals surface area contributed by atoms with E-state index in [0.29, 0.717) is 11.8 Å². The fraction of sp³-hybridized carbons (Fsp3) is 0.455. The molecule has 0 heterocycles. The minimum absolute atomic E-state index is 0.137. The summed E-state index contributed by atoms with van der Waals surface area (Å²) in [7, 11) is 0. The first kappa shape index (κ1) is 26.9. The highest BCUT2D eigenvalue weighted by molar-refractivity contribution is 5.61. The Balaban J connectivity index is 2.14. The van der Waals surface area contributed by atoms with Gasteiger partial charge in [-0.05, 0) is 69.7 Å². The molecule has 3 rings (SSSR count). The predicted molar refractivity (Wildman–Crippen MR) is 155 cm³/mol. The van der Waals surface area contributed by atoms with E-state index in [-0.39, 0.29) is 10.8 Å². The maximum atomic E-state index is 6.62. The van der Waals surface area contributed by atoms with Crippen LogP contribution in [0.3, 0.4) is 0 Å². The topological polar surface area (TPSA) is 52.0 Å². The van der Waals surface area contributed by atoms with Crippen LogP contribution < -0.4 is 11.5 Å². The minimum atomic E-state index is -0.154. The Morgan fingerprint density at radius 2 is 1.11 bits per heavy atom. The molecule has 188 valence electrons. The molecule has 3 aromatic rings. The van der Waals surface area contributed by atoms with Crippen molar-refractivity contribution in [2.24, 2.45) is 0 Å². The van der Waals surface area contributed by atoms with E-state index in [2.05, 4.69) is 118 Å². The molecule has 0 radical (unpaired) electrons. The van der Waals surface area contributed by atoms with Crippen LogP contribution in [0.2, 0.25) is 0 Å². The van der Waals surface area contributed by atoms with E-state index in [1.165, 1.54) is 38.9 Å². The SMILES string of the molecule is CCc1cc(C(C)(C)c2cccc(C(C)(C)c3cc(C(C)C)c(N)c(C(C)C)c3)c2)cc(C)c1N. The lowest BCUT2D eigenvalue weighted by Gasteiger charge is -2.32. The average molecular weight is 471 g/mol. The number of nitrogens with two attached hydrogens (primary N) is 2. The Kier molecular flexibility index (Phi) is 7.46. The van der Waals surface area contributed by atoms with Gasteiger partial charge in [-0.15, -0.1) is 0 Å². The van der Waals surface area contributed by atoms with Gasteiger partial charge < -0.3 is 11.5 Å². The van der Waals surface area contributed by atoms with E-state index in [4.69, 9.17) is 11.5 Å². The summed E-state index contributed by atoms with van der Waals surface area (Å²) in [5, 5.41) is 0. The third kappa shape index (κ3) is 4.99. The van der Waals surface area contributed by atoms with Crippen molar-refractivity contribution >= 4 is 11.4 Å². The van der Waals surface area contributed by atoms with Crippen LogP contribution in [0.1, 0.15) is 119 Å². The first-order valence-electron chi connectivity index (χ1n) is 13.2. The number of anilines is 2. The van der Waals surface area contributed by atoms with E-state index >= 15 is 0 Å². The highest BCUT2D eigenvalue weighted by Gasteiger charge is 2.30. The lowest BCUT2D eigenvalue weighted by Crippen LogP contribution is -2.24. The monoisotopic (exact) mass is 470 g/mol. The second-order valence-corrected chi connectivity index (χ2v) is 11.9. The second kappa shape index (κ2) is 9.72. The van der Waals surface area contributed by atoms with Crippen LogP contribution in [0.25, 0.3) is 0 Å². The van der Waals surface area contributed by atoms with Crippen molar-refractivity contribution in [3.05, 3.63) is 93.0 Å². The zero-order chi connectivity index (χ0) is 26.3. The van der Waals surface area contributed by atoms with Gasteiger partial charge in [0, 0.05) is 22.2 Å². The summed E-state index contributed by atoms with van der Waals surface area (Å²) in [5.41, 5.74) is 24.7. The van der Waals surface area contributed by atoms with Gasteiger partial charge in [0.2, 0.25) is 0 Å². The molecule has 0 bridgehead atoms. The standard InChI is InChI=1S/C33H46N2/c1-11-23-16-26(15-22(6)30(23)34)32(7,8)24-13-12-14-25(17-24)33(9,10)27-18-28(20(2)3)31(35)29(19-27)21(4)5/h12-21H,11,34-35H2,1-10H3. The summed E-state index contributed by atoms with van der Waals surface area (Å²) < 4.78 is 0. The number of rotatable bonds is 7. The van der Waals surface area contributed by atoms with Gasteiger partial charge in [-0.1, -0.05) is 111 Å². The Hall–Kier alpha value is -2.74. The van der Waals surface area contributed by atoms with Crippen LogP contribution in [0, 0.1) is 6.92 Å². The zero-order valence-corrected chi connectivity index (χ0v) is 23.6. The minimum Gasteiger partial charge on any atom is -0.398 e. The van der Waals surface area contributed by atoms with Crippen LogP contribution in [-0.2, 0) is 17.3 Å². The van der Waals surface area contributed by atoms with Crippen molar-refractivity contribution in [3.63, 3.8) is 0 Å². The van der Waals surface area contributed by atoms with Crippen molar-refractivity contribution in [2.75, 3.05) is 11.5 Å². The van der Waals surface area contributed by atoms with Crippen LogP contribution in [0.15, 0.2) is 48.5 Å². The number of aryl methyl sites for hydroxylation is 2. The second-order valence-electron chi connectivity index (χ2n) is 11.9. The first-order chi connectivity index (χ1) is 16.2. The summed E-state index contributed by atoms with van der Waals surface area (Å²) in [4.78, 5) is 0. The molecule has 0 atom stereocenters. The Morgan fingerprint density at radius 3 is 1.54 bits per heavy atom. The van der Waals surface area contributed by atoms with E-state index in [0.717, 1.165) is 23.4 Å². The van der Waals surface area contributed by atoms with E-state index in [1.807, 2.05) is 0 Å². The van der Waals surface area contributed by atoms with Crippen molar-refractivity contribution in [1.82, 2.24) is 0 Å².